The van der Waals surface area contributed by atoms with E-state index in [1.165, 1.54) is 37.7 Å². The van der Waals surface area contributed by atoms with Gasteiger partial charge in [-0.1, -0.05) is 0 Å². The second-order valence-corrected chi connectivity index (χ2v) is 4.97. The van der Waals surface area contributed by atoms with Crippen LogP contribution in [0.1, 0.15) is 5.82 Å². The molecule has 0 atom stereocenters. The minimum Gasteiger partial charge on any atom is -0.359 e. The largest absolute Gasteiger partial charge is 0.359 e. The fourth-order valence-electron chi connectivity index (χ4n) is 1.76. The maximum Gasteiger partial charge on any atom is 0.202 e. The summed E-state index contributed by atoms with van der Waals surface area (Å²) >= 11 is 1.44. The van der Waals surface area contributed by atoms with Gasteiger partial charge in [-0.15, -0.1) is 0 Å². The van der Waals surface area contributed by atoms with Crippen LogP contribution in [0.2, 0.25) is 0 Å². The molecular weight excluding hydrogens is 222 g/mol. The predicted molar refractivity (Wildman–Crippen MR) is 67.1 cm³/mol. The Balaban J connectivity index is 1.64. The first-order chi connectivity index (χ1) is 7.74. The van der Waals surface area contributed by atoms with E-state index in [4.69, 9.17) is 0 Å². The Hall–Kier alpha value is -0.720. The molecule has 0 spiro atoms. The van der Waals surface area contributed by atoms with Crippen molar-refractivity contribution in [2.45, 2.75) is 6.92 Å². The van der Waals surface area contributed by atoms with Crippen LogP contribution in [0, 0.1) is 6.92 Å². The summed E-state index contributed by atoms with van der Waals surface area (Å²) in [6, 6.07) is 0. The average molecular weight is 241 g/mol. The molecule has 2 heterocycles. The van der Waals surface area contributed by atoms with Crippen LogP contribution >= 0.6 is 11.5 Å². The summed E-state index contributed by atoms with van der Waals surface area (Å²) < 4.78 is 4.14. The van der Waals surface area contributed by atoms with Crippen LogP contribution < -0.4 is 5.32 Å². The van der Waals surface area contributed by atoms with Gasteiger partial charge in [-0.05, 0) is 14.0 Å². The molecule has 1 aliphatic heterocycles. The first-order valence-corrected chi connectivity index (χ1v) is 6.46. The van der Waals surface area contributed by atoms with Crippen LogP contribution in [0.5, 0.6) is 0 Å². The number of aryl methyl sites for hydroxylation is 1. The maximum atomic E-state index is 4.27. The highest BCUT2D eigenvalue weighted by Crippen LogP contribution is 2.09. The van der Waals surface area contributed by atoms with E-state index in [1.807, 2.05) is 6.92 Å². The third-order valence-electron chi connectivity index (χ3n) is 2.83. The minimum absolute atomic E-state index is 0.854. The molecule has 1 aromatic rings. The maximum absolute atomic E-state index is 4.27. The van der Waals surface area contributed by atoms with Gasteiger partial charge in [0.15, 0.2) is 0 Å². The summed E-state index contributed by atoms with van der Waals surface area (Å²) in [5.41, 5.74) is 0. The van der Waals surface area contributed by atoms with Crippen molar-refractivity contribution in [2.75, 3.05) is 51.6 Å². The number of likely N-dealkylation sites (N-methyl/N-ethyl adjacent to an activating group) is 1. The normalized spacial score (nSPS) is 18.9. The first-order valence-electron chi connectivity index (χ1n) is 5.69. The zero-order chi connectivity index (χ0) is 11.4. The summed E-state index contributed by atoms with van der Waals surface area (Å²) in [4.78, 5) is 9.13. The smallest absolute Gasteiger partial charge is 0.202 e. The van der Waals surface area contributed by atoms with E-state index in [2.05, 4.69) is 31.5 Å². The Morgan fingerprint density at radius 2 is 2.06 bits per heavy atom. The lowest BCUT2D eigenvalue weighted by atomic mass is 10.3. The average Bonchev–Trinajstić information content (AvgIpc) is 2.67. The van der Waals surface area contributed by atoms with Gasteiger partial charge >= 0.3 is 0 Å². The fraction of sp³-hybridized carbons (Fsp3) is 0.800. The lowest BCUT2D eigenvalue weighted by molar-refractivity contribution is 0.158. The highest BCUT2D eigenvalue weighted by molar-refractivity contribution is 7.09. The number of nitrogens with zero attached hydrogens (tertiary/aromatic N) is 4. The second-order valence-electron chi connectivity index (χ2n) is 4.22. The third kappa shape index (κ3) is 3.40. The number of nitrogens with one attached hydrogen (secondary N) is 1. The molecule has 0 aliphatic carbocycles. The Labute approximate surface area is 101 Å². The molecule has 90 valence electrons. The summed E-state index contributed by atoms with van der Waals surface area (Å²) in [5, 5.41) is 4.25. The lowest BCUT2D eigenvalue weighted by Crippen LogP contribution is -2.45. The topological polar surface area (TPSA) is 44.3 Å². The van der Waals surface area contributed by atoms with E-state index in [-0.39, 0.29) is 0 Å². The highest BCUT2D eigenvalue weighted by Gasteiger charge is 2.12. The monoisotopic (exact) mass is 241 g/mol. The number of anilines is 1. The van der Waals surface area contributed by atoms with Crippen LogP contribution in [0.25, 0.3) is 0 Å². The van der Waals surface area contributed by atoms with Crippen molar-refractivity contribution in [3.8, 4) is 0 Å². The van der Waals surface area contributed by atoms with Gasteiger partial charge in [-0.3, -0.25) is 4.90 Å². The molecule has 0 saturated carbocycles. The van der Waals surface area contributed by atoms with E-state index in [9.17, 15) is 0 Å². The SMILES string of the molecule is Cc1nsc(NCCN2CCN(C)CC2)n1. The Morgan fingerprint density at radius 1 is 1.31 bits per heavy atom. The van der Waals surface area contributed by atoms with Crippen molar-refractivity contribution >= 4 is 16.7 Å². The Kier molecular flexibility index (Phi) is 4.09. The van der Waals surface area contributed by atoms with Crippen molar-refractivity contribution in [3.63, 3.8) is 0 Å². The van der Waals surface area contributed by atoms with Gasteiger partial charge in [0.25, 0.3) is 0 Å². The summed E-state index contributed by atoms with van der Waals surface area (Å²) in [5.74, 6) is 0.854. The van der Waals surface area contributed by atoms with E-state index < -0.39 is 0 Å². The molecule has 16 heavy (non-hydrogen) atoms. The number of aromatic nitrogens is 2. The zero-order valence-corrected chi connectivity index (χ0v) is 10.8. The highest BCUT2D eigenvalue weighted by atomic mass is 32.1. The van der Waals surface area contributed by atoms with Crippen molar-refractivity contribution in [2.24, 2.45) is 0 Å². The molecule has 0 radical (unpaired) electrons. The van der Waals surface area contributed by atoms with Gasteiger partial charge < -0.3 is 10.2 Å². The van der Waals surface area contributed by atoms with Gasteiger partial charge in [0.2, 0.25) is 5.13 Å². The van der Waals surface area contributed by atoms with E-state index in [1.54, 1.807) is 0 Å². The first kappa shape index (κ1) is 11.8. The molecule has 0 bridgehead atoms. The lowest BCUT2D eigenvalue weighted by Gasteiger charge is -2.32. The molecular formula is C10H19N5S. The number of hydrogen-bond acceptors (Lipinski definition) is 6. The van der Waals surface area contributed by atoms with Crippen LogP contribution in [-0.2, 0) is 0 Å². The van der Waals surface area contributed by atoms with Crippen LogP contribution in [0.15, 0.2) is 0 Å². The molecule has 1 N–H and O–H groups in total. The van der Waals surface area contributed by atoms with Crippen molar-refractivity contribution in [3.05, 3.63) is 5.82 Å². The molecule has 1 aliphatic rings. The molecule has 2 rings (SSSR count). The van der Waals surface area contributed by atoms with E-state index in [0.717, 1.165) is 24.0 Å². The summed E-state index contributed by atoms with van der Waals surface area (Å²) in [6.45, 7) is 8.67. The molecule has 1 saturated heterocycles. The van der Waals surface area contributed by atoms with Crippen molar-refractivity contribution in [1.82, 2.24) is 19.2 Å². The summed E-state index contributed by atoms with van der Waals surface area (Å²) in [6.07, 6.45) is 0. The molecule has 1 fully saturated rings. The second kappa shape index (κ2) is 5.56. The molecule has 0 amide bonds. The standard InChI is InChI=1S/C10H19N5S/c1-9-12-10(16-13-9)11-3-4-15-7-5-14(2)6-8-15/h3-8H2,1-2H3,(H,11,12,13). The quantitative estimate of drug-likeness (QED) is 0.832. The third-order valence-corrected chi connectivity index (χ3v) is 3.59. The minimum atomic E-state index is 0.854. The van der Waals surface area contributed by atoms with Crippen molar-refractivity contribution < 1.29 is 0 Å². The van der Waals surface area contributed by atoms with Gasteiger partial charge in [0.1, 0.15) is 5.82 Å². The van der Waals surface area contributed by atoms with Gasteiger partial charge in [0, 0.05) is 50.8 Å². The molecule has 6 heteroatoms. The van der Waals surface area contributed by atoms with Crippen molar-refractivity contribution in [1.29, 1.82) is 0 Å². The predicted octanol–water partition coefficient (Wildman–Crippen LogP) is 0.506. The van der Waals surface area contributed by atoms with E-state index in [0.29, 0.717) is 0 Å². The molecule has 0 unspecified atom stereocenters. The fourth-order valence-corrected chi connectivity index (χ4v) is 2.36. The van der Waals surface area contributed by atoms with Crippen LogP contribution in [-0.4, -0.2) is 65.5 Å². The Bertz CT molecular complexity index is 319. The van der Waals surface area contributed by atoms with Crippen LogP contribution in [0.4, 0.5) is 5.13 Å². The number of piperazine rings is 1. The number of rotatable bonds is 4. The number of hydrogen-bond donors (Lipinski definition) is 1. The van der Waals surface area contributed by atoms with Gasteiger partial charge in [-0.25, -0.2) is 4.98 Å². The van der Waals surface area contributed by atoms with Gasteiger partial charge in [-0.2, -0.15) is 4.37 Å². The van der Waals surface area contributed by atoms with Gasteiger partial charge in [0.05, 0.1) is 0 Å². The van der Waals surface area contributed by atoms with E-state index >= 15 is 0 Å². The summed E-state index contributed by atoms with van der Waals surface area (Å²) in [7, 11) is 2.18. The Morgan fingerprint density at radius 3 is 2.69 bits per heavy atom. The molecule has 0 aromatic carbocycles. The molecule has 5 nitrogen and oxygen atoms in total. The molecule has 1 aromatic heterocycles. The van der Waals surface area contributed by atoms with Crippen LogP contribution in [0.3, 0.4) is 0 Å². The zero-order valence-electron chi connectivity index (χ0n) is 9.94.